The SMILES string of the molecule is O=C(CNC(=O)OCc1ccccc1)Oc1ccc2[nH]cc(CCNC(c3ccccc3)(c3ccccc3)c3ccccc3)c2c1. The number of ether oxygens (including phenoxy) is 2. The Hall–Kier alpha value is -5.66. The van der Waals surface area contributed by atoms with E-state index in [1.807, 2.05) is 66.9 Å². The Morgan fingerprint density at radius 3 is 1.85 bits per heavy atom. The van der Waals surface area contributed by atoms with Crippen molar-refractivity contribution in [3.63, 3.8) is 0 Å². The van der Waals surface area contributed by atoms with Gasteiger partial charge >= 0.3 is 12.1 Å². The maximum Gasteiger partial charge on any atom is 0.407 e. The molecule has 6 rings (SSSR count). The van der Waals surface area contributed by atoms with Gasteiger partial charge in [-0.3, -0.25) is 5.32 Å². The Bertz CT molecular complexity index is 1780. The largest absolute Gasteiger partial charge is 0.445 e. The lowest BCUT2D eigenvalue weighted by atomic mass is 9.77. The first-order valence-corrected chi connectivity index (χ1v) is 15.3. The van der Waals surface area contributed by atoms with Crippen molar-refractivity contribution in [3.05, 3.63) is 174 Å². The summed E-state index contributed by atoms with van der Waals surface area (Å²) in [7, 11) is 0. The van der Waals surface area contributed by atoms with Gasteiger partial charge in [-0.2, -0.15) is 0 Å². The van der Waals surface area contributed by atoms with E-state index in [4.69, 9.17) is 9.47 Å². The van der Waals surface area contributed by atoms with Crippen LogP contribution in [0.25, 0.3) is 10.9 Å². The molecule has 0 fully saturated rings. The molecule has 7 heteroatoms. The number of hydrogen-bond acceptors (Lipinski definition) is 5. The van der Waals surface area contributed by atoms with Gasteiger partial charge < -0.3 is 19.8 Å². The molecule has 1 heterocycles. The first kappa shape index (κ1) is 30.4. The summed E-state index contributed by atoms with van der Waals surface area (Å²) in [5, 5.41) is 7.34. The summed E-state index contributed by atoms with van der Waals surface area (Å²) in [6.07, 6.45) is 2.03. The van der Waals surface area contributed by atoms with Gasteiger partial charge in [0, 0.05) is 23.6 Å². The fourth-order valence-corrected chi connectivity index (χ4v) is 5.77. The molecular formula is C39H35N3O4. The van der Waals surface area contributed by atoms with Crippen molar-refractivity contribution in [3.8, 4) is 5.75 Å². The number of hydrogen-bond donors (Lipinski definition) is 3. The second-order valence-electron chi connectivity index (χ2n) is 10.9. The van der Waals surface area contributed by atoms with Crippen LogP contribution in [0, 0.1) is 0 Å². The van der Waals surface area contributed by atoms with E-state index in [1.165, 1.54) is 0 Å². The number of carbonyl (C=O) groups excluding carboxylic acids is 2. The van der Waals surface area contributed by atoms with Crippen LogP contribution in [0.4, 0.5) is 4.79 Å². The number of nitrogens with one attached hydrogen (secondary N) is 3. The van der Waals surface area contributed by atoms with Crippen molar-refractivity contribution in [1.29, 1.82) is 0 Å². The number of rotatable bonds is 12. The summed E-state index contributed by atoms with van der Waals surface area (Å²) in [5.41, 5.74) is 5.78. The van der Waals surface area contributed by atoms with Crippen molar-refractivity contribution in [2.24, 2.45) is 0 Å². The van der Waals surface area contributed by atoms with Gasteiger partial charge in [0.1, 0.15) is 18.9 Å². The first-order valence-electron chi connectivity index (χ1n) is 15.3. The molecule has 7 nitrogen and oxygen atoms in total. The molecule has 0 bridgehead atoms. The van der Waals surface area contributed by atoms with Gasteiger partial charge in [-0.1, -0.05) is 121 Å². The number of benzene rings is 5. The van der Waals surface area contributed by atoms with Crippen LogP contribution in [-0.2, 0) is 28.1 Å². The lowest BCUT2D eigenvalue weighted by Crippen LogP contribution is -2.45. The lowest BCUT2D eigenvalue weighted by molar-refractivity contribution is -0.133. The summed E-state index contributed by atoms with van der Waals surface area (Å²) < 4.78 is 10.7. The van der Waals surface area contributed by atoms with Gasteiger partial charge in [0.15, 0.2) is 0 Å². The minimum absolute atomic E-state index is 0.118. The number of carbonyl (C=O) groups is 2. The van der Waals surface area contributed by atoms with Crippen LogP contribution in [0.5, 0.6) is 5.75 Å². The molecule has 1 amide bonds. The third-order valence-electron chi connectivity index (χ3n) is 7.97. The van der Waals surface area contributed by atoms with E-state index in [0.717, 1.165) is 45.1 Å². The number of aromatic amines is 1. The normalized spacial score (nSPS) is 11.2. The Morgan fingerprint density at radius 2 is 1.26 bits per heavy atom. The van der Waals surface area contributed by atoms with Crippen molar-refractivity contribution in [2.45, 2.75) is 18.6 Å². The summed E-state index contributed by atoms with van der Waals surface area (Å²) in [6, 6.07) is 46.3. The standard InChI is InChI=1S/C39H35N3O4/c43-37(27-41-38(44)45-28-29-13-5-1-6-14-29)46-34-21-22-36-35(25-34)30(26-40-36)23-24-42-39(31-15-7-2-8-16-31,32-17-9-3-10-18-32)33-19-11-4-12-20-33/h1-22,25-26,40,42H,23-24,27-28H2,(H,41,44). The summed E-state index contributed by atoms with van der Waals surface area (Å²) in [6.45, 7) is 0.480. The second-order valence-corrected chi connectivity index (χ2v) is 10.9. The number of amides is 1. The number of alkyl carbamates (subject to hydrolysis) is 1. The average molecular weight is 610 g/mol. The second kappa shape index (κ2) is 14.4. The highest BCUT2D eigenvalue weighted by molar-refractivity contribution is 5.86. The molecule has 0 atom stereocenters. The predicted octanol–water partition coefficient (Wildman–Crippen LogP) is 7.12. The van der Waals surface area contributed by atoms with E-state index in [1.54, 1.807) is 6.07 Å². The minimum Gasteiger partial charge on any atom is -0.445 e. The number of H-pyrrole nitrogens is 1. The molecule has 230 valence electrons. The van der Waals surface area contributed by atoms with Crippen LogP contribution >= 0.6 is 0 Å². The fraction of sp³-hybridized carbons (Fsp3) is 0.128. The number of aromatic nitrogens is 1. The molecule has 0 saturated heterocycles. The molecule has 3 N–H and O–H groups in total. The molecule has 46 heavy (non-hydrogen) atoms. The van der Waals surface area contributed by atoms with Crippen molar-refractivity contribution in [2.75, 3.05) is 13.1 Å². The maximum atomic E-state index is 12.5. The molecular weight excluding hydrogens is 574 g/mol. The van der Waals surface area contributed by atoms with Gasteiger partial charge in [0.25, 0.3) is 0 Å². The van der Waals surface area contributed by atoms with Crippen LogP contribution in [0.1, 0.15) is 27.8 Å². The van der Waals surface area contributed by atoms with Crippen LogP contribution in [-0.4, -0.2) is 30.1 Å². The number of fused-ring (bicyclic) bond motifs is 1. The van der Waals surface area contributed by atoms with Gasteiger partial charge in [-0.05, 0) is 52.4 Å². The predicted molar refractivity (Wildman–Crippen MR) is 179 cm³/mol. The zero-order valence-electron chi connectivity index (χ0n) is 25.3. The van der Waals surface area contributed by atoms with Crippen molar-refractivity contribution in [1.82, 2.24) is 15.6 Å². The zero-order valence-corrected chi connectivity index (χ0v) is 25.3. The average Bonchev–Trinajstić information content (AvgIpc) is 3.52. The highest BCUT2D eigenvalue weighted by Gasteiger charge is 2.35. The molecule has 0 aliphatic carbocycles. The molecule has 0 unspecified atom stereocenters. The van der Waals surface area contributed by atoms with Crippen LogP contribution in [0.15, 0.2) is 146 Å². The van der Waals surface area contributed by atoms with Crippen molar-refractivity contribution < 1.29 is 19.1 Å². The minimum atomic E-state index is -0.686. The fourth-order valence-electron chi connectivity index (χ4n) is 5.77. The summed E-state index contributed by atoms with van der Waals surface area (Å²) in [5.74, 6) is -0.189. The third kappa shape index (κ3) is 7.01. The molecule has 0 radical (unpaired) electrons. The van der Waals surface area contributed by atoms with Gasteiger partial charge in [0.2, 0.25) is 0 Å². The monoisotopic (exact) mass is 609 g/mol. The molecule has 5 aromatic carbocycles. The van der Waals surface area contributed by atoms with Gasteiger partial charge in [0.05, 0.1) is 5.54 Å². The van der Waals surface area contributed by atoms with Crippen molar-refractivity contribution >= 4 is 23.0 Å². The molecule has 0 aliphatic rings. The van der Waals surface area contributed by atoms with E-state index in [2.05, 4.69) is 88.4 Å². The Balaban J connectivity index is 1.14. The quantitative estimate of drug-likeness (QED) is 0.0781. The zero-order chi connectivity index (χ0) is 31.6. The lowest BCUT2D eigenvalue weighted by Gasteiger charge is -2.37. The highest BCUT2D eigenvalue weighted by Crippen LogP contribution is 2.37. The molecule has 6 aromatic rings. The molecule has 0 spiro atoms. The summed E-state index contributed by atoms with van der Waals surface area (Å²) >= 11 is 0. The van der Waals surface area contributed by atoms with E-state index >= 15 is 0 Å². The van der Waals surface area contributed by atoms with E-state index in [9.17, 15) is 9.59 Å². The highest BCUT2D eigenvalue weighted by atomic mass is 16.6. The van der Waals surface area contributed by atoms with Crippen LogP contribution < -0.4 is 15.4 Å². The van der Waals surface area contributed by atoms with E-state index < -0.39 is 17.6 Å². The number of esters is 1. The Morgan fingerprint density at radius 1 is 0.696 bits per heavy atom. The third-order valence-corrected chi connectivity index (χ3v) is 7.97. The van der Waals surface area contributed by atoms with E-state index in [-0.39, 0.29) is 13.2 Å². The summed E-state index contributed by atoms with van der Waals surface area (Å²) in [4.78, 5) is 27.9. The van der Waals surface area contributed by atoms with Gasteiger partial charge in [-0.15, -0.1) is 0 Å². The topological polar surface area (TPSA) is 92.5 Å². The van der Waals surface area contributed by atoms with E-state index in [0.29, 0.717) is 12.3 Å². The smallest absolute Gasteiger partial charge is 0.407 e. The molecule has 1 aromatic heterocycles. The maximum absolute atomic E-state index is 12.5. The van der Waals surface area contributed by atoms with Crippen LogP contribution in [0.2, 0.25) is 0 Å². The van der Waals surface area contributed by atoms with Gasteiger partial charge in [-0.25, -0.2) is 9.59 Å². The molecule has 0 saturated carbocycles. The molecule has 0 aliphatic heterocycles. The Kier molecular flexibility index (Phi) is 9.52. The first-order chi connectivity index (χ1) is 22.6. The Labute approximate surface area is 268 Å². The van der Waals surface area contributed by atoms with Crippen LogP contribution in [0.3, 0.4) is 0 Å².